The van der Waals surface area contributed by atoms with Gasteiger partial charge in [0.05, 0.1) is 6.67 Å². The first kappa shape index (κ1) is 10.9. The summed E-state index contributed by atoms with van der Waals surface area (Å²) in [6.07, 6.45) is 3.24. The van der Waals surface area contributed by atoms with Crippen molar-refractivity contribution in [1.29, 1.82) is 0 Å². The van der Waals surface area contributed by atoms with Gasteiger partial charge in [0.25, 0.3) is 0 Å². The van der Waals surface area contributed by atoms with Crippen molar-refractivity contribution in [1.82, 2.24) is 10.2 Å². The number of hydrogen-bond donors (Lipinski definition) is 1. The summed E-state index contributed by atoms with van der Waals surface area (Å²) < 4.78 is 11.9. The Hall–Kier alpha value is -0.150. The summed E-state index contributed by atoms with van der Waals surface area (Å²) in [6, 6.07) is 0. The van der Waals surface area contributed by atoms with Gasteiger partial charge >= 0.3 is 0 Å². The minimum absolute atomic E-state index is 0.184. The molecule has 1 fully saturated rings. The number of alkyl halides is 1. The lowest BCUT2D eigenvalue weighted by molar-refractivity contribution is 0.232. The molecule has 1 heterocycles. The molecule has 78 valence electrons. The molecule has 3 heteroatoms. The van der Waals surface area contributed by atoms with E-state index in [9.17, 15) is 4.39 Å². The van der Waals surface area contributed by atoms with E-state index in [1.807, 2.05) is 0 Å². The molecular formula is C10H21FN2. The van der Waals surface area contributed by atoms with Crippen LogP contribution in [0.5, 0.6) is 0 Å². The second-order valence-corrected chi connectivity index (χ2v) is 4.00. The van der Waals surface area contributed by atoms with E-state index in [0.717, 1.165) is 32.1 Å². The molecule has 0 aliphatic carbocycles. The highest BCUT2D eigenvalue weighted by Crippen LogP contribution is 2.12. The van der Waals surface area contributed by atoms with Crippen LogP contribution in [-0.2, 0) is 0 Å². The lowest BCUT2D eigenvalue weighted by atomic mass is 9.98. The van der Waals surface area contributed by atoms with Crippen molar-refractivity contribution in [3.05, 3.63) is 0 Å². The summed E-state index contributed by atoms with van der Waals surface area (Å²) in [7, 11) is 2.09. The maximum absolute atomic E-state index is 11.9. The molecule has 1 aliphatic rings. The minimum atomic E-state index is -0.184. The van der Waals surface area contributed by atoms with Crippen LogP contribution in [0.3, 0.4) is 0 Å². The highest BCUT2D eigenvalue weighted by Gasteiger charge is 2.14. The van der Waals surface area contributed by atoms with Crippen molar-refractivity contribution in [2.75, 3.05) is 39.9 Å². The Morgan fingerprint density at radius 3 is 2.69 bits per heavy atom. The lowest BCUT2D eigenvalue weighted by Gasteiger charge is -2.27. The van der Waals surface area contributed by atoms with Crippen LogP contribution in [0.4, 0.5) is 4.39 Å². The molecule has 0 aromatic rings. The quantitative estimate of drug-likeness (QED) is 0.699. The summed E-state index contributed by atoms with van der Waals surface area (Å²) in [6.45, 7) is 4.17. The molecule has 1 N–H and O–H groups in total. The topological polar surface area (TPSA) is 15.3 Å². The van der Waals surface area contributed by atoms with E-state index in [4.69, 9.17) is 0 Å². The Kier molecular flexibility index (Phi) is 5.32. The van der Waals surface area contributed by atoms with Crippen molar-refractivity contribution in [3.63, 3.8) is 0 Å². The molecule has 13 heavy (non-hydrogen) atoms. The molecule has 0 aromatic carbocycles. The number of rotatable bonds is 5. The van der Waals surface area contributed by atoms with Crippen LogP contribution in [0, 0.1) is 5.92 Å². The average molecular weight is 188 g/mol. The second kappa shape index (κ2) is 6.33. The molecule has 1 aliphatic heterocycles. The molecule has 1 rings (SSSR count). The SMILES string of the molecule is CN(CCCF)CC1CCNCC1. The first-order valence-electron chi connectivity index (χ1n) is 5.28. The zero-order valence-electron chi connectivity index (χ0n) is 8.56. The Morgan fingerprint density at radius 1 is 1.38 bits per heavy atom. The van der Waals surface area contributed by atoms with Gasteiger partial charge in [-0.3, -0.25) is 4.39 Å². The summed E-state index contributed by atoms with van der Waals surface area (Å²) in [5.41, 5.74) is 0. The van der Waals surface area contributed by atoms with Gasteiger partial charge in [0.15, 0.2) is 0 Å². The molecule has 0 atom stereocenters. The van der Waals surface area contributed by atoms with Gasteiger partial charge in [0, 0.05) is 13.1 Å². The number of nitrogens with one attached hydrogen (secondary N) is 1. The molecule has 0 amide bonds. The van der Waals surface area contributed by atoms with Crippen molar-refractivity contribution in [3.8, 4) is 0 Å². The lowest BCUT2D eigenvalue weighted by Crippen LogP contribution is -2.35. The minimum Gasteiger partial charge on any atom is -0.317 e. The third kappa shape index (κ3) is 4.58. The monoisotopic (exact) mass is 188 g/mol. The Labute approximate surface area is 80.5 Å². The average Bonchev–Trinajstić information content (AvgIpc) is 2.16. The molecule has 0 spiro atoms. The molecule has 0 aromatic heterocycles. The fourth-order valence-corrected chi connectivity index (χ4v) is 1.93. The highest BCUT2D eigenvalue weighted by molar-refractivity contribution is 4.71. The van der Waals surface area contributed by atoms with Gasteiger partial charge in [-0.25, -0.2) is 0 Å². The van der Waals surface area contributed by atoms with Crippen LogP contribution >= 0.6 is 0 Å². The predicted molar refractivity (Wildman–Crippen MR) is 53.7 cm³/mol. The molecule has 0 bridgehead atoms. The second-order valence-electron chi connectivity index (χ2n) is 4.00. The van der Waals surface area contributed by atoms with E-state index in [2.05, 4.69) is 17.3 Å². The van der Waals surface area contributed by atoms with Gasteiger partial charge < -0.3 is 10.2 Å². The summed E-state index contributed by atoms with van der Waals surface area (Å²) in [4.78, 5) is 2.26. The van der Waals surface area contributed by atoms with Gasteiger partial charge in [-0.05, 0) is 45.3 Å². The van der Waals surface area contributed by atoms with E-state index < -0.39 is 0 Å². The van der Waals surface area contributed by atoms with E-state index in [-0.39, 0.29) is 6.67 Å². The first-order valence-corrected chi connectivity index (χ1v) is 5.28. The van der Waals surface area contributed by atoms with Crippen LogP contribution < -0.4 is 5.32 Å². The maximum atomic E-state index is 11.9. The van der Waals surface area contributed by atoms with Gasteiger partial charge in [-0.15, -0.1) is 0 Å². The van der Waals surface area contributed by atoms with Crippen LogP contribution in [0.1, 0.15) is 19.3 Å². The molecule has 0 saturated carbocycles. The molecule has 2 nitrogen and oxygen atoms in total. The van der Waals surface area contributed by atoms with Gasteiger partial charge in [-0.1, -0.05) is 0 Å². The standard InChI is InChI=1S/C10H21FN2/c1-13(8-2-5-11)9-10-3-6-12-7-4-10/h10,12H,2-9H2,1H3. The molecule has 1 saturated heterocycles. The zero-order valence-corrected chi connectivity index (χ0v) is 8.56. The summed E-state index contributed by atoms with van der Waals surface area (Å²) >= 11 is 0. The summed E-state index contributed by atoms with van der Waals surface area (Å²) in [5, 5.41) is 3.35. The maximum Gasteiger partial charge on any atom is 0.0906 e. The summed E-state index contributed by atoms with van der Waals surface area (Å²) in [5.74, 6) is 0.825. The van der Waals surface area contributed by atoms with Gasteiger partial charge in [0.2, 0.25) is 0 Å². The third-order valence-electron chi connectivity index (χ3n) is 2.70. The van der Waals surface area contributed by atoms with Crippen LogP contribution in [0.15, 0.2) is 0 Å². The van der Waals surface area contributed by atoms with Crippen LogP contribution in [0.2, 0.25) is 0 Å². The number of piperidine rings is 1. The molecule has 0 unspecified atom stereocenters. The van der Waals surface area contributed by atoms with Crippen LogP contribution in [-0.4, -0.2) is 44.8 Å². The fraction of sp³-hybridized carbons (Fsp3) is 1.00. The van der Waals surface area contributed by atoms with Gasteiger partial charge in [0.1, 0.15) is 0 Å². The smallest absolute Gasteiger partial charge is 0.0906 e. The molecular weight excluding hydrogens is 167 g/mol. The Balaban J connectivity index is 2.07. The largest absolute Gasteiger partial charge is 0.317 e. The number of nitrogens with zero attached hydrogens (tertiary/aromatic N) is 1. The third-order valence-corrected chi connectivity index (χ3v) is 2.70. The van der Waals surface area contributed by atoms with Crippen molar-refractivity contribution >= 4 is 0 Å². The normalized spacial score (nSPS) is 19.6. The van der Waals surface area contributed by atoms with E-state index in [1.54, 1.807) is 0 Å². The highest BCUT2D eigenvalue weighted by atomic mass is 19.1. The van der Waals surface area contributed by atoms with Crippen molar-refractivity contribution < 1.29 is 4.39 Å². The van der Waals surface area contributed by atoms with E-state index >= 15 is 0 Å². The fourth-order valence-electron chi connectivity index (χ4n) is 1.93. The Bertz CT molecular complexity index is 124. The number of hydrogen-bond acceptors (Lipinski definition) is 2. The first-order chi connectivity index (χ1) is 6.33. The zero-order chi connectivity index (χ0) is 9.52. The predicted octanol–water partition coefficient (Wildman–Crippen LogP) is 1.28. The van der Waals surface area contributed by atoms with Crippen molar-refractivity contribution in [2.24, 2.45) is 5.92 Å². The van der Waals surface area contributed by atoms with Crippen molar-refractivity contribution in [2.45, 2.75) is 19.3 Å². The molecule has 0 radical (unpaired) electrons. The Morgan fingerprint density at radius 2 is 2.08 bits per heavy atom. The van der Waals surface area contributed by atoms with Gasteiger partial charge in [-0.2, -0.15) is 0 Å². The number of halogens is 1. The van der Waals surface area contributed by atoms with E-state index in [0.29, 0.717) is 6.42 Å². The van der Waals surface area contributed by atoms with Crippen LogP contribution in [0.25, 0.3) is 0 Å². The van der Waals surface area contributed by atoms with E-state index in [1.165, 1.54) is 12.8 Å².